The number of carbonyl (C=O) groups excluding carboxylic acids is 1. The van der Waals surface area contributed by atoms with Crippen LogP contribution in [-0.2, 0) is 4.79 Å². The minimum absolute atomic E-state index is 0.0211. The number of anilines is 1. The second-order valence-electron chi connectivity index (χ2n) is 5.19. The molecule has 4 heteroatoms. The van der Waals surface area contributed by atoms with E-state index in [0.717, 1.165) is 32.4 Å². The molecular weight excluding hydrogens is 243 g/mol. The Hall–Kier alpha value is -1.42. The van der Waals surface area contributed by atoms with Crippen molar-refractivity contribution < 1.29 is 9.18 Å². The minimum atomic E-state index is -0.281. The van der Waals surface area contributed by atoms with Gasteiger partial charge < -0.3 is 10.6 Å². The minimum Gasteiger partial charge on any atom is -0.326 e. The standard InChI is InChI=1S/C15H21FN2O/c1-11-13(16)3-2-4-14(11)18-15(19)6-5-12-7-9-17-10-8-12/h2-4,12,17H,5-10H2,1H3,(H,18,19). The summed E-state index contributed by atoms with van der Waals surface area (Å²) in [4.78, 5) is 11.9. The maximum Gasteiger partial charge on any atom is 0.224 e. The van der Waals surface area contributed by atoms with E-state index in [0.29, 0.717) is 23.6 Å². The molecule has 1 aromatic rings. The van der Waals surface area contributed by atoms with Gasteiger partial charge in [0.05, 0.1) is 0 Å². The third kappa shape index (κ3) is 4.03. The van der Waals surface area contributed by atoms with Gasteiger partial charge in [0.2, 0.25) is 5.91 Å². The first-order chi connectivity index (χ1) is 9.16. The molecule has 0 saturated carbocycles. The molecule has 0 aromatic heterocycles. The summed E-state index contributed by atoms with van der Waals surface area (Å²) in [5, 5.41) is 6.11. The van der Waals surface area contributed by atoms with Crippen molar-refractivity contribution in [2.75, 3.05) is 18.4 Å². The summed E-state index contributed by atoms with van der Waals surface area (Å²) < 4.78 is 13.3. The number of hydrogen-bond acceptors (Lipinski definition) is 2. The van der Waals surface area contributed by atoms with Gasteiger partial charge in [-0.25, -0.2) is 4.39 Å². The lowest BCUT2D eigenvalue weighted by Gasteiger charge is -2.22. The Morgan fingerprint density at radius 2 is 2.16 bits per heavy atom. The first-order valence-electron chi connectivity index (χ1n) is 6.92. The molecule has 1 aliphatic rings. The molecule has 1 saturated heterocycles. The molecule has 0 radical (unpaired) electrons. The van der Waals surface area contributed by atoms with Gasteiger partial charge in [0.25, 0.3) is 0 Å². The molecule has 1 aromatic carbocycles. The van der Waals surface area contributed by atoms with Gasteiger partial charge in [-0.1, -0.05) is 6.07 Å². The zero-order chi connectivity index (χ0) is 13.7. The van der Waals surface area contributed by atoms with Gasteiger partial charge in [-0.15, -0.1) is 0 Å². The van der Waals surface area contributed by atoms with Crippen molar-refractivity contribution in [3.63, 3.8) is 0 Å². The Morgan fingerprint density at radius 1 is 1.42 bits per heavy atom. The number of benzene rings is 1. The second-order valence-corrected chi connectivity index (χ2v) is 5.19. The molecule has 0 atom stereocenters. The van der Waals surface area contributed by atoms with E-state index in [4.69, 9.17) is 0 Å². The number of piperidine rings is 1. The summed E-state index contributed by atoms with van der Waals surface area (Å²) >= 11 is 0. The average Bonchev–Trinajstić information content (AvgIpc) is 2.43. The number of nitrogens with one attached hydrogen (secondary N) is 2. The molecule has 104 valence electrons. The Kier molecular flexibility index (Phi) is 4.91. The quantitative estimate of drug-likeness (QED) is 0.878. The molecule has 2 rings (SSSR count). The Bertz CT molecular complexity index is 442. The lowest BCUT2D eigenvalue weighted by molar-refractivity contribution is -0.116. The summed E-state index contributed by atoms with van der Waals surface area (Å²) in [6, 6.07) is 4.76. The van der Waals surface area contributed by atoms with Crippen molar-refractivity contribution in [2.45, 2.75) is 32.6 Å². The van der Waals surface area contributed by atoms with Gasteiger partial charge >= 0.3 is 0 Å². The van der Waals surface area contributed by atoms with Crippen molar-refractivity contribution in [3.05, 3.63) is 29.6 Å². The van der Waals surface area contributed by atoms with E-state index in [1.807, 2.05) is 0 Å². The monoisotopic (exact) mass is 264 g/mol. The average molecular weight is 264 g/mol. The summed E-state index contributed by atoms with van der Waals surface area (Å²) in [5.41, 5.74) is 1.08. The van der Waals surface area contributed by atoms with E-state index in [-0.39, 0.29) is 11.7 Å². The van der Waals surface area contributed by atoms with Gasteiger partial charge in [-0.05, 0) is 57.3 Å². The van der Waals surface area contributed by atoms with Crippen molar-refractivity contribution in [3.8, 4) is 0 Å². The Morgan fingerprint density at radius 3 is 2.89 bits per heavy atom. The summed E-state index contributed by atoms with van der Waals surface area (Å²) in [6.07, 6.45) is 3.72. The fourth-order valence-electron chi connectivity index (χ4n) is 2.46. The Balaban J connectivity index is 1.82. The van der Waals surface area contributed by atoms with Crippen LogP contribution < -0.4 is 10.6 Å². The topological polar surface area (TPSA) is 41.1 Å². The van der Waals surface area contributed by atoms with E-state index in [1.54, 1.807) is 19.1 Å². The zero-order valence-corrected chi connectivity index (χ0v) is 11.3. The summed E-state index contributed by atoms with van der Waals surface area (Å²) in [5.74, 6) is 0.337. The van der Waals surface area contributed by atoms with Gasteiger partial charge in [-0.3, -0.25) is 4.79 Å². The van der Waals surface area contributed by atoms with Crippen LogP contribution in [0.5, 0.6) is 0 Å². The van der Waals surface area contributed by atoms with Gasteiger partial charge in [0, 0.05) is 17.7 Å². The fraction of sp³-hybridized carbons (Fsp3) is 0.533. The number of carbonyl (C=O) groups is 1. The van der Waals surface area contributed by atoms with E-state index in [1.165, 1.54) is 6.07 Å². The summed E-state index contributed by atoms with van der Waals surface area (Å²) in [7, 11) is 0. The highest BCUT2D eigenvalue weighted by Gasteiger charge is 2.15. The SMILES string of the molecule is Cc1c(F)cccc1NC(=O)CCC1CCNCC1. The third-order valence-electron chi connectivity index (χ3n) is 3.78. The van der Waals surface area contributed by atoms with Crippen LogP contribution in [0.4, 0.5) is 10.1 Å². The van der Waals surface area contributed by atoms with Crippen LogP contribution in [0.1, 0.15) is 31.2 Å². The normalized spacial score (nSPS) is 16.3. The molecule has 0 unspecified atom stereocenters. The van der Waals surface area contributed by atoms with E-state index < -0.39 is 0 Å². The fourth-order valence-corrected chi connectivity index (χ4v) is 2.46. The van der Waals surface area contributed by atoms with E-state index in [2.05, 4.69) is 10.6 Å². The van der Waals surface area contributed by atoms with Crippen LogP contribution in [0.25, 0.3) is 0 Å². The van der Waals surface area contributed by atoms with Gasteiger partial charge in [0.15, 0.2) is 0 Å². The molecule has 0 aliphatic carbocycles. The largest absolute Gasteiger partial charge is 0.326 e. The molecule has 2 N–H and O–H groups in total. The van der Waals surface area contributed by atoms with E-state index >= 15 is 0 Å². The molecule has 1 heterocycles. The van der Waals surface area contributed by atoms with Crippen LogP contribution in [0.2, 0.25) is 0 Å². The first kappa shape index (κ1) is 14.0. The molecular formula is C15H21FN2O. The molecule has 19 heavy (non-hydrogen) atoms. The maximum absolute atomic E-state index is 13.3. The van der Waals surface area contributed by atoms with Crippen molar-refractivity contribution in [1.29, 1.82) is 0 Å². The van der Waals surface area contributed by atoms with Crippen LogP contribution in [0.3, 0.4) is 0 Å². The van der Waals surface area contributed by atoms with Gasteiger partial charge in [-0.2, -0.15) is 0 Å². The van der Waals surface area contributed by atoms with Crippen LogP contribution in [0.15, 0.2) is 18.2 Å². The predicted molar refractivity (Wildman–Crippen MR) is 74.6 cm³/mol. The molecule has 1 aliphatic heterocycles. The smallest absolute Gasteiger partial charge is 0.224 e. The zero-order valence-electron chi connectivity index (χ0n) is 11.3. The van der Waals surface area contributed by atoms with Gasteiger partial charge in [0.1, 0.15) is 5.82 Å². The van der Waals surface area contributed by atoms with Crippen molar-refractivity contribution in [1.82, 2.24) is 5.32 Å². The number of halogens is 1. The Labute approximate surface area is 113 Å². The molecule has 3 nitrogen and oxygen atoms in total. The highest BCUT2D eigenvalue weighted by Crippen LogP contribution is 2.20. The second kappa shape index (κ2) is 6.66. The maximum atomic E-state index is 13.3. The highest BCUT2D eigenvalue weighted by molar-refractivity contribution is 5.91. The number of hydrogen-bond donors (Lipinski definition) is 2. The number of amides is 1. The van der Waals surface area contributed by atoms with E-state index in [9.17, 15) is 9.18 Å². The lowest BCUT2D eigenvalue weighted by atomic mass is 9.93. The molecule has 1 fully saturated rings. The van der Waals surface area contributed by atoms with Crippen molar-refractivity contribution >= 4 is 11.6 Å². The van der Waals surface area contributed by atoms with Crippen LogP contribution in [0, 0.1) is 18.7 Å². The molecule has 1 amide bonds. The lowest BCUT2D eigenvalue weighted by Crippen LogP contribution is -2.28. The highest BCUT2D eigenvalue weighted by atomic mass is 19.1. The predicted octanol–water partition coefficient (Wildman–Crippen LogP) is 2.85. The van der Waals surface area contributed by atoms with Crippen molar-refractivity contribution in [2.24, 2.45) is 5.92 Å². The third-order valence-corrected chi connectivity index (χ3v) is 3.78. The van der Waals surface area contributed by atoms with Crippen LogP contribution >= 0.6 is 0 Å². The number of rotatable bonds is 4. The summed E-state index contributed by atoms with van der Waals surface area (Å²) in [6.45, 7) is 3.78. The molecule has 0 spiro atoms. The molecule has 0 bridgehead atoms. The first-order valence-corrected chi connectivity index (χ1v) is 6.92. The van der Waals surface area contributed by atoms with Crippen LogP contribution in [-0.4, -0.2) is 19.0 Å².